The highest BCUT2D eigenvalue weighted by Gasteiger charge is 2.33. The zero-order valence-electron chi connectivity index (χ0n) is 17.8. The van der Waals surface area contributed by atoms with Gasteiger partial charge in [-0.3, -0.25) is 0 Å². The molecule has 0 radical (unpaired) electrons. The molecule has 0 aliphatic rings. The van der Waals surface area contributed by atoms with Gasteiger partial charge in [0.15, 0.2) is 12.3 Å². The number of carbonyl (C=O) groups is 2. The lowest BCUT2D eigenvalue weighted by atomic mass is 10.1. The zero-order valence-corrected chi connectivity index (χ0v) is 17.8. The van der Waals surface area contributed by atoms with Gasteiger partial charge in [0.05, 0.1) is 31.6 Å². The van der Waals surface area contributed by atoms with E-state index in [-0.39, 0.29) is 11.1 Å². The standard InChI is InChI=1S/C22H24FNO8/c1-28-16-8-4-14(5-9-16)21(26)31-13-19(25)20(18(23)12-24-30-3)32-22(27)15-6-10-17(29-2)11-7-15/h4-12,18-20,25H,13H2,1-3H3/b24-12-/t18-,19-,20+/m1/s1. The van der Waals surface area contributed by atoms with Crippen molar-refractivity contribution in [2.24, 2.45) is 5.16 Å². The second-order valence-corrected chi connectivity index (χ2v) is 6.37. The van der Waals surface area contributed by atoms with Crippen LogP contribution in [0.5, 0.6) is 11.5 Å². The minimum Gasteiger partial charge on any atom is -0.497 e. The number of ether oxygens (including phenoxy) is 4. The molecule has 0 unspecified atom stereocenters. The van der Waals surface area contributed by atoms with E-state index in [1.807, 2.05) is 0 Å². The molecule has 0 aliphatic carbocycles. The van der Waals surface area contributed by atoms with Crippen LogP contribution in [0.2, 0.25) is 0 Å². The van der Waals surface area contributed by atoms with Crippen molar-refractivity contribution in [3.05, 3.63) is 59.7 Å². The molecule has 2 rings (SSSR count). The van der Waals surface area contributed by atoms with Crippen LogP contribution in [0.4, 0.5) is 4.39 Å². The van der Waals surface area contributed by atoms with Gasteiger partial charge in [0, 0.05) is 0 Å². The van der Waals surface area contributed by atoms with Crippen LogP contribution in [0.1, 0.15) is 20.7 Å². The molecule has 3 atom stereocenters. The molecular formula is C22H24FNO8. The monoisotopic (exact) mass is 449 g/mol. The van der Waals surface area contributed by atoms with E-state index >= 15 is 0 Å². The fourth-order valence-corrected chi connectivity index (χ4v) is 2.54. The Morgan fingerprint density at radius 3 is 1.91 bits per heavy atom. The number of carbonyl (C=O) groups excluding carboxylic acids is 2. The summed E-state index contributed by atoms with van der Waals surface area (Å²) >= 11 is 0. The summed E-state index contributed by atoms with van der Waals surface area (Å²) in [5.74, 6) is -0.594. The highest BCUT2D eigenvalue weighted by Crippen LogP contribution is 2.17. The van der Waals surface area contributed by atoms with Gasteiger partial charge in [0.1, 0.15) is 31.3 Å². The third-order valence-corrected chi connectivity index (χ3v) is 4.28. The molecule has 0 aromatic heterocycles. The number of esters is 2. The predicted octanol–water partition coefficient (Wildman–Crippen LogP) is 2.42. The van der Waals surface area contributed by atoms with E-state index < -0.39 is 36.9 Å². The predicted molar refractivity (Wildman–Crippen MR) is 112 cm³/mol. The highest BCUT2D eigenvalue weighted by molar-refractivity contribution is 5.90. The van der Waals surface area contributed by atoms with Crippen molar-refractivity contribution in [1.82, 2.24) is 0 Å². The number of oxime groups is 1. The second-order valence-electron chi connectivity index (χ2n) is 6.37. The van der Waals surface area contributed by atoms with E-state index in [2.05, 4.69) is 9.99 Å². The SMILES string of the molecule is CO/N=C\[C@@H](F)[C@H](OC(=O)c1ccc(OC)cc1)[C@H](O)COC(=O)c1ccc(OC)cc1. The van der Waals surface area contributed by atoms with Crippen LogP contribution in [-0.4, -0.2) is 69.6 Å². The smallest absolute Gasteiger partial charge is 0.338 e. The third-order valence-electron chi connectivity index (χ3n) is 4.28. The number of alkyl halides is 1. The maximum absolute atomic E-state index is 14.6. The number of rotatable bonds is 11. The normalized spacial score (nSPS) is 13.7. The molecule has 2 aromatic carbocycles. The number of benzene rings is 2. The topological polar surface area (TPSA) is 113 Å². The molecular weight excluding hydrogens is 425 g/mol. The number of halogens is 1. The largest absolute Gasteiger partial charge is 0.497 e. The lowest BCUT2D eigenvalue weighted by Gasteiger charge is -2.24. The minimum atomic E-state index is -2.04. The van der Waals surface area contributed by atoms with E-state index in [4.69, 9.17) is 18.9 Å². The first-order valence-electron chi connectivity index (χ1n) is 9.44. The molecule has 0 saturated heterocycles. The molecule has 1 N–H and O–H groups in total. The van der Waals surface area contributed by atoms with E-state index in [1.54, 1.807) is 12.1 Å². The van der Waals surface area contributed by atoms with Gasteiger partial charge in [-0.1, -0.05) is 5.16 Å². The van der Waals surface area contributed by atoms with Crippen LogP contribution in [0.3, 0.4) is 0 Å². The molecule has 32 heavy (non-hydrogen) atoms. The Balaban J connectivity index is 2.07. The Labute approximate surface area is 184 Å². The van der Waals surface area contributed by atoms with E-state index in [0.717, 1.165) is 6.21 Å². The van der Waals surface area contributed by atoms with Crippen LogP contribution in [-0.2, 0) is 14.3 Å². The summed E-state index contributed by atoms with van der Waals surface area (Å²) in [5, 5.41) is 13.7. The quantitative estimate of drug-likeness (QED) is 0.316. The first kappa shape index (κ1) is 24.6. The molecule has 172 valence electrons. The van der Waals surface area contributed by atoms with Gasteiger partial charge >= 0.3 is 11.9 Å². The molecule has 0 fully saturated rings. The average Bonchev–Trinajstić information content (AvgIpc) is 2.83. The summed E-state index contributed by atoms with van der Waals surface area (Å²) in [6.45, 7) is -0.632. The molecule has 0 spiro atoms. The molecule has 9 nitrogen and oxygen atoms in total. The van der Waals surface area contributed by atoms with Crippen LogP contribution in [0.15, 0.2) is 53.7 Å². The fourth-order valence-electron chi connectivity index (χ4n) is 2.54. The molecule has 0 heterocycles. The van der Waals surface area contributed by atoms with Gasteiger partial charge in [-0.2, -0.15) is 0 Å². The van der Waals surface area contributed by atoms with Crippen LogP contribution in [0.25, 0.3) is 0 Å². The van der Waals surface area contributed by atoms with Crippen molar-refractivity contribution in [3.8, 4) is 11.5 Å². The van der Waals surface area contributed by atoms with Crippen molar-refractivity contribution in [2.45, 2.75) is 18.4 Å². The summed E-state index contributed by atoms with van der Waals surface area (Å²) in [4.78, 5) is 29.0. The van der Waals surface area contributed by atoms with Gasteiger partial charge in [-0.15, -0.1) is 0 Å². The summed E-state index contributed by atoms with van der Waals surface area (Å²) in [6.07, 6.45) is -4.71. The van der Waals surface area contributed by atoms with E-state index in [0.29, 0.717) is 11.5 Å². The molecule has 0 amide bonds. The number of methoxy groups -OCH3 is 2. The highest BCUT2D eigenvalue weighted by atomic mass is 19.1. The first-order valence-corrected chi connectivity index (χ1v) is 9.44. The average molecular weight is 449 g/mol. The molecule has 10 heteroatoms. The van der Waals surface area contributed by atoms with Crippen molar-refractivity contribution < 1.29 is 42.9 Å². The second kappa shape index (κ2) is 12.3. The number of hydrogen-bond donors (Lipinski definition) is 1. The molecule has 2 aromatic rings. The number of aliphatic hydroxyl groups excluding tert-OH is 1. The Bertz CT molecular complexity index is 901. The van der Waals surface area contributed by atoms with Crippen molar-refractivity contribution in [1.29, 1.82) is 0 Å². The Morgan fingerprint density at radius 1 is 0.938 bits per heavy atom. The number of nitrogens with zero attached hydrogens (tertiary/aromatic N) is 1. The fraction of sp³-hybridized carbons (Fsp3) is 0.318. The first-order chi connectivity index (χ1) is 15.4. The zero-order chi connectivity index (χ0) is 23.5. The molecule has 0 bridgehead atoms. The summed E-state index contributed by atoms with van der Waals surface area (Å²) in [7, 11) is 4.15. The minimum absolute atomic E-state index is 0.106. The molecule has 0 saturated carbocycles. The van der Waals surface area contributed by atoms with E-state index in [1.165, 1.54) is 57.7 Å². The summed E-state index contributed by atoms with van der Waals surface area (Å²) in [5.41, 5.74) is 0.302. The van der Waals surface area contributed by atoms with Crippen molar-refractivity contribution >= 4 is 18.2 Å². The molecule has 0 aliphatic heterocycles. The summed E-state index contributed by atoms with van der Waals surface area (Å²) < 4.78 is 34.8. The van der Waals surface area contributed by atoms with E-state index in [9.17, 15) is 19.1 Å². The lowest BCUT2D eigenvalue weighted by molar-refractivity contribution is -0.0594. The number of hydrogen-bond acceptors (Lipinski definition) is 9. The van der Waals surface area contributed by atoms with Gasteiger partial charge in [-0.25, -0.2) is 14.0 Å². The van der Waals surface area contributed by atoms with Gasteiger partial charge in [0.25, 0.3) is 0 Å². The Hall–Kier alpha value is -3.66. The Morgan fingerprint density at radius 2 is 1.44 bits per heavy atom. The number of aliphatic hydroxyl groups is 1. The maximum Gasteiger partial charge on any atom is 0.338 e. The van der Waals surface area contributed by atoms with Gasteiger partial charge in [-0.05, 0) is 48.5 Å². The van der Waals surface area contributed by atoms with Gasteiger partial charge < -0.3 is 28.9 Å². The van der Waals surface area contributed by atoms with Crippen LogP contribution in [0, 0.1) is 0 Å². The lowest BCUT2D eigenvalue weighted by Crippen LogP contribution is -2.43. The Kier molecular flexibility index (Phi) is 9.43. The third kappa shape index (κ3) is 6.95. The van der Waals surface area contributed by atoms with Crippen LogP contribution >= 0.6 is 0 Å². The summed E-state index contributed by atoms with van der Waals surface area (Å²) in [6, 6.07) is 12.0. The van der Waals surface area contributed by atoms with Gasteiger partial charge in [0.2, 0.25) is 0 Å². The van der Waals surface area contributed by atoms with Crippen molar-refractivity contribution in [2.75, 3.05) is 27.9 Å². The van der Waals surface area contributed by atoms with Crippen LogP contribution < -0.4 is 9.47 Å². The van der Waals surface area contributed by atoms with Crippen molar-refractivity contribution in [3.63, 3.8) is 0 Å². The maximum atomic E-state index is 14.6.